The molecule has 0 saturated heterocycles. The van der Waals surface area contributed by atoms with Crippen LogP contribution < -0.4 is 21.9 Å². The highest BCUT2D eigenvalue weighted by Gasteiger charge is 2.37. The van der Waals surface area contributed by atoms with Gasteiger partial charge in [-0.15, -0.1) is 0 Å². The molecular weight excluding hydrogens is 702 g/mol. The molecule has 0 radical (unpaired) electrons. The highest BCUT2D eigenvalue weighted by Crippen LogP contribution is 2.26. The Balaban J connectivity index is 1.48. The number of H-pyrrole nitrogens is 1. The monoisotopic (exact) mass is 749 g/mol. The van der Waals surface area contributed by atoms with Crippen LogP contribution in [0.3, 0.4) is 0 Å². The van der Waals surface area contributed by atoms with Crippen LogP contribution in [0.15, 0.2) is 71.8 Å². The van der Waals surface area contributed by atoms with Gasteiger partial charge in [-0.1, -0.05) is 88.4 Å². The van der Waals surface area contributed by atoms with E-state index < -0.39 is 78.8 Å². The molecule has 54 heavy (non-hydrogen) atoms. The average molecular weight is 750 g/mol. The molecule has 2 amide bonds. The van der Waals surface area contributed by atoms with Crippen molar-refractivity contribution in [1.82, 2.24) is 30.2 Å². The second kappa shape index (κ2) is 19.2. The lowest BCUT2D eigenvalue weighted by molar-refractivity contribution is -0.160. The normalized spacial score (nSPS) is 12.6. The smallest absolute Gasteiger partial charge is 0.408 e. The lowest BCUT2D eigenvalue weighted by Crippen LogP contribution is -2.49. The van der Waals surface area contributed by atoms with Gasteiger partial charge in [0.2, 0.25) is 5.95 Å². The number of hydrogen-bond donors (Lipinski definition) is 5. The van der Waals surface area contributed by atoms with Gasteiger partial charge in [-0.05, 0) is 29.4 Å². The fraction of sp³-hybridized carbons (Fsp3) is 0.432. The zero-order valence-corrected chi connectivity index (χ0v) is 30.7. The third kappa shape index (κ3) is 11.5. The van der Waals surface area contributed by atoms with E-state index in [9.17, 15) is 29.1 Å². The van der Waals surface area contributed by atoms with Crippen molar-refractivity contribution in [1.29, 1.82) is 0 Å². The van der Waals surface area contributed by atoms with E-state index in [-0.39, 0.29) is 43.3 Å². The number of carbonyl (C=O) groups excluding carboxylic acids is 4. The number of ether oxygens (including phenoxy) is 4. The maximum Gasteiger partial charge on any atom is 0.408 e. The van der Waals surface area contributed by atoms with Crippen molar-refractivity contribution in [2.75, 3.05) is 25.6 Å². The number of hydrogen-bond acceptors (Lipinski definition) is 13. The topological polar surface area (TPSA) is 239 Å². The first-order chi connectivity index (χ1) is 25.8. The Labute approximate surface area is 311 Å². The van der Waals surface area contributed by atoms with Gasteiger partial charge < -0.3 is 45.0 Å². The van der Waals surface area contributed by atoms with Crippen molar-refractivity contribution in [3.8, 4) is 0 Å². The molecule has 2 atom stereocenters. The van der Waals surface area contributed by atoms with Crippen LogP contribution in [0.25, 0.3) is 11.2 Å². The standard InChI is InChI=1S/C37H47N7O10/c1-23(2)27(40-35(49)51-17-25-11-7-5-8-12-25)32(47)53-20-37(19-45,15-16-44-22-39-29-30(44)42-34(38)43-31(29)46)21-54-33(48)28(24(3)4)41-36(50)52-18-26-13-9-6-10-14-26/h5-14,22-24,27-28,45H,15-21H2,1-4H3,(H,40,49)(H,41,50)(H3,38,42,43,46)/t27-,28-/m0/s1. The van der Waals surface area contributed by atoms with Gasteiger partial charge in [0.15, 0.2) is 11.2 Å². The molecule has 2 aromatic carbocycles. The maximum absolute atomic E-state index is 13.4. The molecule has 0 spiro atoms. The second-order valence-corrected chi connectivity index (χ2v) is 13.5. The van der Waals surface area contributed by atoms with Crippen LogP contribution in [0.1, 0.15) is 45.2 Å². The number of anilines is 1. The number of imidazole rings is 1. The SMILES string of the molecule is CC(C)[C@H](NC(=O)OCc1ccccc1)C(=O)OCC(CO)(CCn1cnc2c(=O)[nH]c(N)nc21)COC(=O)[C@@H](NC(=O)OCc1ccccc1)C(C)C. The molecule has 4 aromatic rings. The summed E-state index contributed by atoms with van der Waals surface area (Å²) in [7, 11) is 0. The summed E-state index contributed by atoms with van der Waals surface area (Å²) in [5, 5.41) is 15.9. The predicted octanol–water partition coefficient (Wildman–Crippen LogP) is 3.06. The third-order valence-electron chi connectivity index (χ3n) is 8.57. The summed E-state index contributed by atoms with van der Waals surface area (Å²) in [6.07, 6.45) is -0.284. The zero-order valence-electron chi connectivity index (χ0n) is 30.7. The quantitative estimate of drug-likeness (QED) is 0.0727. The fourth-order valence-corrected chi connectivity index (χ4v) is 5.26. The number of fused-ring (bicyclic) bond motifs is 1. The molecule has 0 aliphatic heterocycles. The number of aromatic nitrogens is 4. The van der Waals surface area contributed by atoms with Crippen LogP contribution in [-0.2, 0) is 48.3 Å². The summed E-state index contributed by atoms with van der Waals surface area (Å²) in [5.41, 5.74) is 5.51. The number of nitrogens with one attached hydrogen (secondary N) is 3. The van der Waals surface area contributed by atoms with E-state index in [0.717, 1.165) is 11.1 Å². The number of carbonyl (C=O) groups is 4. The maximum atomic E-state index is 13.4. The van der Waals surface area contributed by atoms with E-state index >= 15 is 0 Å². The van der Waals surface area contributed by atoms with E-state index in [2.05, 4.69) is 25.6 Å². The minimum Gasteiger partial charge on any atom is -0.463 e. The van der Waals surface area contributed by atoms with Crippen LogP contribution in [-0.4, -0.2) is 80.7 Å². The zero-order chi connectivity index (χ0) is 39.3. The Morgan fingerprint density at radius 3 is 1.74 bits per heavy atom. The number of esters is 2. The Morgan fingerprint density at radius 2 is 1.30 bits per heavy atom. The van der Waals surface area contributed by atoms with E-state index in [4.69, 9.17) is 24.7 Å². The number of rotatable bonds is 18. The Morgan fingerprint density at radius 1 is 0.815 bits per heavy atom. The third-order valence-corrected chi connectivity index (χ3v) is 8.57. The van der Waals surface area contributed by atoms with Gasteiger partial charge in [-0.2, -0.15) is 4.98 Å². The van der Waals surface area contributed by atoms with Crippen LogP contribution in [0.2, 0.25) is 0 Å². The van der Waals surface area contributed by atoms with Gasteiger partial charge in [0.25, 0.3) is 5.56 Å². The molecule has 2 heterocycles. The predicted molar refractivity (Wildman–Crippen MR) is 195 cm³/mol. The van der Waals surface area contributed by atoms with Crippen molar-refractivity contribution in [3.63, 3.8) is 0 Å². The molecule has 17 heteroatoms. The highest BCUT2D eigenvalue weighted by atomic mass is 16.6. The van der Waals surface area contributed by atoms with E-state index in [1.165, 1.54) is 10.9 Å². The Kier molecular flexibility index (Phi) is 14.5. The number of nitrogen functional groups attached to an aromatic ring is 1. The minimum absolute atomic E-state index is 0.0156. The molecule has 0 fully saturated rings. The number of aliphatic hydroxyl groups is 1. The van der Waals surface area contributed by atoms with Gasteiger partial charge in [0.05, 0.1) is 18.3 Å². The number of alkyl carbamates (subject to hydrolysis) is 2. The van der Waals surface area contributed by atoms with E-state index in [1.807, 2.05) is 12.1 Å². The summed E-state index contributed by atoms with van der Waals surface area (Å²) < 4.78 is 23.5. The molecule has 4 rings (SSSR count). The lowest BCUT2D eigenvalue weighted by Gasteiger charge is -2.33. The molecule has 0 saturated carbocycles. The fourth-order valence-electron chi connectivity index (χ4n) is 5.26. The summed E-state index contributed by atoms with van der Waals surface area (Å²) in [6.45, 7) is 5.32. The van der Waals surface area contributed by atoms with Crippen molar-refractivity contribution < 1.29 is 43.2 Å². The van der Waals surface area contributed by atoms with Crippen LogP contribution >= 0.6 is 0 Å². The first-order valence-electron chi connectivity index (χ1n) is 17.4. The lowest BCUT2D eigenvalue weighted by atomic mass is 9.86. The van der Waals surface area contributed by atoms with Gasteiger partial charge >= 0.3 is 24.1 Å². The average Bonchev–Trinajstić information content (AvgIpc) is 3.57. The van der Waals surface area contributed by atoms with Crippen LogP contribution in [0.4, 0.5) is 15.5 Å². The minimum atomic E-state index is -1.42. The molecule has 0 aliphatic rings. The Hall–Kier alpha value is -5.97. The summed E-state index contributed by atoms with van der Waals surface area (Å²) in [4.78, 5) is 75.2. The largest absolute Gasteiger partial charge is 0.463 e. The molecule has 0 aliphatic carbocycles. The van der Waals surface area contributed by atoms with Crippen molar-refractivity contribution in [3.05, 3.63) is 88.5 Å². The van der Waals surface area contributed by atoms with Gasteiger partial charge in [-0.25, -0.2) is 24.2 Å². The highest BCUT2D eigenvalue weighted by molar-refractivity contribution is 5.82. The number of aryl methyl sites for hydroxylation is 1. The first-order valence-corrected chi connectivity index (χ1v) is 17.4. The molecular formula is C37H47N7O10. The summed E-state index contributed by atoms with van der Waals surface area (Å²) in [5.74, 6) is -2.61. The summed E-state index contributed by atoms with van der Waals surface area (Å²) >= 11 is 0. The molecule has 17 nitrogen and oxygen atoms in total. The van der Waals surface area contributed by atoms with Crippen molar-refractivity contribution in [2.45, 2.75) is 66.0 Å². The van der Waals surface area contributed by atoms with Gasteiger partial charge in [0, 0.05) is 6.54 Å². The second-order valence-electron chi connectivity index (χ2n) is 13.5. The number of nitrogens with zero attached hydrogens (tertiary/aromatic N) is 3. The number of aromatic amines is 1. The van der Waals surface area contributed by atoms with Crippen LogP contribution in [0, 0.1) is 17.3 Å². The van der Waals surface area contributed by atoms with E-state index in [1.54, 1.807) is 76.2 Å². The number of aliphatic hydroxyl groups excluding tert-OH is 1. The molecule has 0 bridgehead atoms. The Bertz CT molecular complexity index is 1830. The van der Waals surface area contributed by atoms with Crippen LogP contribution in [0.5, 0.6) is 0 Å². The molecule has 290 valence electrons. The number of benzene rings is 2. The molecule has 2 aromatic heterocycles. The molecule has 6 N–H and O–H groups in total. The van der Waals surface area contributed by atoms with Crippen molar-refractivity contribution >= 4 is 41.2 Å². The first kappa shape index (κ1) is 40.8. The van der Waals surface area contributed by atoms with Crippen molar-refractivity contribution in [2.24, 2.45) is 17.3 Å². The number of nitrogens with two attached hydrogens (primary N) is 1. The van der Waals surface area contributed by atoms with E-state index in [0.29, 0.717) is 0 Å². The van der Waals surface area contributed by atoms with Gasteiger partial charge in [-0.3, -0.25) is 9.78 Å². The number of amides is 2. The van der Waals surface area contributed by atoms with Gasteiger partial charge in [0.1, 0.15) is 38.5 Å². The summed E-state index contributed by atoms with van der Waals surface area (Å²) in [6, 6.07) is 15.8. The molecule has 0 unspecified atom stereocenters.